The molecule has 2 N–H and O–H groups in total. The summed E-state index contributed by atoms with van der Waals surface area (Å²) in [5.74, 6) is 0.496. The minimum Gasteiger partial charge on any atom is -0.330 e. The Morgan fingerprint density at radius 1 is 1.57 bits per heavy atom. The summed E-state index contributed by atoms with van der Waals surface area (Å²) in [6, 6.07) is 4.09. The van der Waals surface area contributed by atoms with Gasteiger partial charge < -0.3 is 5.73 Å². The van der Waals surface area contributed by atoms with Gasteiger partial charge in [0.15, 0.2) is 0 Å². The average molecular weight is 190 g/mol. The van der Waals surface area contributed by atoms with E-state index in [0.29, 0.717) is 12.5 Å². The van der Waals surface area contributed by atoms with Crippen molar-refractivity contribution >= 4 is 5.52 Å². The van der Waals surface area contributed by atoms with Crippen LogP contribution in [0.5, 0.6) is 0 Å². The average Bonchev–Trinajstić information content (AvgIpc) is 2.66. The summed E-state index contributed by atoms with van der Waals surface area (Å²) >= 11 is 0. The molecular weight excluding hydrogens is 176 g/mol. The lowest BCUT2D eigenvalue weighted by Crippen LogP contribution is -2.13. The van der Waals surface area contributed by atoms with Gasteiger partial charge in [-0.1, -0.05) is 18.2 Å². The van der Waals surface area contributed by atoms with E-state index in [1.165, 1.54) is 5.56 Å². The van der Waals surface area contributed by atoms with Crippen LogP contribution in [-0.2, 0) is 6.42 Å². The first kappa shape index (κ1) is 9.15. The highest BCUT2D eigenvalue weighted by Gasteiger charge is 2.06. The molecule has 0 aromatic carbocycles. The molecule has 0 saturated heterocycles. The number of nitrogens with two attached hydrogens (primary N) is 1. The highest BCUT2D eigenvalue weighted by molar-refractivity contribution is 5.51. The Morgan fingerprint density at radius 2 is 2.43 bits per heavy atom. The van der Waals surface area contributed by atoms with Gasteiger partial charge in [-0.05, 0) is 30.5 Å². The van der Waals surface area contributed by atoms with Crippen molar-refractivity contribution in [2.45, 2.75) is 13.3 Å². The smallest absolute Gasteiger partial charge is 0.0896 e. The van der Waals surface area contributed by atoms with Gasteiger partial charge in [-0.15, -0.1) is 5.10 Å². The number of aromatic nitrogens is 3. The van der Waals surface area contributed by atoms with Gasteiger partial charge in [-0.3, -0.25) is 0 Å². The maximum Gasteiger partial charge on any atom is 0.0896 e. The van der Waals surface area contributed by atoms with Crippen molar-refractivity contribution < 1.29 is 0 Å². The number of fused-ring (bicyclic) bond motifs is 1. The molecule has 0 aliphatic carbocycles. The topological polar surface area (TPSA) is 56.2 Å². The second kappa shape index (κ2) is 3.75. The molecule has 74 valence electrons. The molecule has 0 saturated carbocycles. The van der Waals surface area contributed by atoms with Crippen LogP contribution >= 0.6 is 0 Å². The van der Waals surface area contributed by atoms with Crippen molar-refractivity contribution in [2.24, 2.45) is 11.7 Å². The van der Waals surface area contributed by atoms with Crippen molar-refractivity contribution in [3.8, 4) is 0 Å². The Morgan fingerprint density at radius 3 is 3.21 bits per heavy atom. The van der Waals surface area contributed by atoms with Crippen LogP contribution in [0.2, 0.25) is 0 Å². The van der Waals surface area contributed by atoms with Gasteiger partial charge in [-0.25, -0.2) is 4.52 Å². The van der Waals surface area contributed by atoms with E-state index < -0.39 is 0 Å². The quantitative estimate of drug-likeness (QED) is 0.781. The van der Waals surface area contributed by atoms with E-state index in [0.717, 1.165) is 11.9 Å². The zero-order chi connectivity index (χ0) is 9.97. The van der Waals surface area contributed by atoms with E-state index in [9.17, 15) is 0 Å². The second-order valence-corrected chi connectivity index (χ2v) is 3.64. The maximum atomic E-state index is 5.60. The van der Waals surface area contributed by atoms with Gasteiger partial charge in [0.25, 0.3) is 0 Å². The Labute approximate surface area is 82.7 Å². The van der Waals surface area contributed by atoms with Crippen LogP contribution < -0.4 is 5.73 Å². The lowest BCUT2D eigenvalue weighted by Gasteiger charge is -2.08. The van der Waals surface area contributed by atoms with Crippen LogP contribution in [-0.4, -0.2) is 21.4 Å². The molecule has 2 rings (SSSR count). The summed E-state index contributed by atoms with van der Waals surface area (Å²) in [5, 5.41) is 7.82. The molecule has 2 heterocycles. The van der Waals surface area contributed by atoms with Crippen LogP contribution in [0, 0.1) is 5.92 Å². The van der Waals surface area contributed by atoms with Gasteiger partial charge in [0, 0.05) is 6.20 Å². The Balaban J connectivity index is 2.36. The normalized spacial score (nSPS) is 13.3. The minimum absolute atomic E-state index is 0.496. The highest BCUT2D eigenvalue weighted by atomic mass is 15.4. The standard InChI is InChI=1S/C10H14N4/c1-8(6-11)5-9-3-2-4-14-10(9)7-12-13-14/h2-4,7-8H,5-6,11H2,1H3. The molecule has 2 aromatic rings. The second-order valence-electron chi connectivity index (χ2n) is 3.64. The van der Waals surface area contributed by atoms with Crippen LogP contribution in [0.3, 0.4) is 0 Å². The molecule has 4 nitrogen and oxygen atoms in total. The highest BCUT2D eigenvalue weighted by Crippen LogP contribution is 2.13. The zero-order valence-corrected chi connectivity index (χ0v) is 8.22. The molecule has 0 aliphatic rings. The predicted octanol–water partition coefficient (Wildman–Crippen LogP) is 0.867. The third kappa shape index (κ3) is 1.61. The van der Waals surface area contributed by atoms with E-state index in [4.69, 9.17) is 5.73 Å². The van der Waals surface area contributed by atoms with Crippen molar-refractivity contribution in [3.63, 3.8) is 0 Å². The van der Waals surface area contributed by atoms with E-state index in [-0.39, 0.29) is 0 Å². The SMILES string of the molecule is CC(CN)Cc1cccn2nncc12. The van der Waals surface area contributed by atoms with Crippen molar-refractivity contribution in [1.82, 2.24) is 14.8 Å². The molecule has 0 bridgehead atoms. The fourth-order valence-corrected chi connectivity index (χ4v) is 1.54. The fourth-order valence-electron chi connectivity index (χ4n) is 1.54. The number of nitrogens with zero attached hydrogens (tertiary/aromatic N) is 3. The zero-order valence-electron chi connectivity index (χ0n) is 8.22. The number of pyridine rings is 1. The molecule has 1 unspecified atom stereocenters. The minimum atomic E-state index is 0.496. The van der Waals surface area contributed by atoms with Crippen molar-refractivity contribution in [1.29, 1.82) is 0 Å². The van der Waals surface area contributed by atoms with Crippen LogP contribution in [0.1, 0.15) is 12.5 Å². The molecule has 0 amide bonds. The lowest BCUT2D eigenvalue weighted by atomic mass is 10.0. The van der Waals surface area contributed by atoms with Crippen LogP contribution in [0.25, 0.3) is 5.52 Å². The summed E-state index contributed by atoms with van der Waals surface area (Å²) in [6.45, 7) is 2.86. The third-order valence-corrected chi connectivity index (χ3v) is 2.40. The first-order valence-corrected chi connectivity index (χ1v) is 4.79. The van der Waals surface area contributed by atoms with Gasteiger partial charge >= 0.3 is 0 Å². The Bertz CT molecular complexity index is 421. The number of hydrogen-bond donors (Lipinski definition) is 1. The largest absolute Gasteiger partial charge is 0.330 e. The summed E-state index contributed by atoms with van der Waals surface area (Å²) < 4.78 is 1.79. The summed E-state index contributed by atoms with van der Waals surface area (Å²) in [7, 11) is 0. The molecule has 2 aromatic heterocycles. The molecule has 4 heteroatoms. The molecule has 1 atom stereocenters. The monoisotopic (exact) mass is 190 g/mol. The molecule has 14 heavy (non-hydrogen) atoms. The lowest BCUT2D eigenvalue weighted by molar-refractivity contribution is 0.593. The van der Waals surface area contributed by atoms with Gasteiger partial charge in [0.2, 0.25) is 0 Å². The van der Waals surface area contributed by atoms with Crippen LogP contribution in [0.15, 0.2) is 24.5 Å². The molecule has 0 radical (unpaired) electrons. The van der Waals surface area contributed by atoms with E-state index in [2.05, 4.69) is 23.3 Å². The maximum absolute atomic E-state index is 5.60. The van der Waals surface area contributed by atoms with E-state index in [1.54, 1.807) is 10.7 Å². The predicted molar refractivity (Wildman–Crippen MR) is 54.9 cm³/mol. The van der Waals surface area contributed by atoms with Gasteiger partial charge in [-0.2, -0.15) is 0 Å². The summed E-state index contributed by atoms with van der Waals surface area (Å²) in [6.07, 6.45) is 4.67. The van der Waals surface area contributed by atoms with Gasteiger partial charge in [0.1, 0.15) is 0 Å². The van der Waals surface area contributed by atoms with Crippen molar-refractivity contribution in [3.05, 3.63) is 30.1 Å². The van der Waals surface area contributed by atoms with E-state index >= 15 is 0 Å². The Hall–Kier alpha value is -1.42. The van der Waals surface area contributed by atoms with Crippen LogP contribution in [0.4, 0.5) is 0 Å². The molecule has 0 aliphatic heterocycles. The first-order valence-electron chi connectivity index (χ1n) is 4.79. The molecular formula is C10H14N4. The molecule has 0 fully saturated rings. The van der Waals surface area contributed by atoms with Gasteiger partial charge in [0.05, 0.1) is 11.7 Å². The summed E-state index contributed by atoms with van der Waals surface area (Å²) in [5.41, 5.74) is 7.94. The number of hydrogen-bond acceptors (Lipinski definition) is 3. The Kier molecular flexibility index (Phi) is 2.45. The summed E-state index contributed by atoms with van der Waals surface area (Å²) in [4.78, 5) is 0. The van der Waals surface area contributed by atoms with Crippen molar-refractivity contribution in [2.75, 3.05) is 6.54 Å². The fraction of sp³-hybridized carbons (Fsp3) is 0.400. The third-order valence-electron chi connectivity index (χ3n) is 2.40. The number of rotatable bonds is 3. The first-order chi connectivity index (χ1) is 6.81. The van der Waals surface area contributed by atoms with E-state index in [1.807, 2.05) is 12.3 Å². The molecule has 0 spiro atoms.